The normalized spacial score (nSPS) is 12.6. The summed E-state index contributed by atoms with van der Waals surface area (Å²) in [5.74, 6) is 0.383. The molecule has 0 radical (unpaired) electrons. The van der Waals surface area contributed by atoms with Gasteiger partial charge in [-0.1, -0.05) is 78.1 Å². The Bertz CT molecular complexity index is 316. The molecule has 0 amide bonds. The van der Waals surface area contributed by atoms with Gasteiger partial charge in [-0.3, -0.25) is 9.59 Å². The number of unbranched alkanes of at least 4 members (excludes halogenated alkanes) is 10. The smallest absolute Gasteiger partial charge is 0.224 e. The van der Waals surface area contributed by atoms with E-state index in [0.29, 0.717) is 12.3 Å². The Labute approximate surface area is 152 Å². The van der Waals surface area contributed by atoms with Crippen LogP contribution in [0.15, 0.2) is 0 Å². The summed E-state index contributed by atoms with van der Waals surface area (Å²) < 4.78 is 0. The standard InChI is InChI=1S/C19H34Cl2O2/c1-16(2)17(19(21)23)14-12-10-8-6-4-3-5-7-9-11-13-15-18(20)22/h16-17H,3-15H2,1-2H3. The molecule has 0 N–H and O–H groups in total. The molecule has 0 rings (SSSR count). The minimum Gasteiger partial charge on any atom is -0.281 e. The van der Waals surface area contributed by atoms with Crippen molar-refractivity contribution in [2.45, 2.75) is 97.3 Å². The summed E-state index contributed by atoms with van der Waals surface area (Å²) in [6.07, 6.45) is 14.8. The van der Waals surface area contributed by atoms with Crippen LogP contribution in [0.5, 0.6) is 0 Å². The molecule has 0 saturated heterocycles. The van der Waals surface area contributed by atoms with E-state index in [1.165, 1.54) is 51.4 Å². The van der Waals surface area contributed by atoms with Crippen molar-refractivity contribution >= 4 is 33.7 Å². The van der Waals surface area contributed by atoms with E-state index in [1.807, 2.05) is 0 Å². The second-order valence-corrected chi connectivity index (χ2v) is 7.73. The molecule has 0 spiro atoms. The van der Waals surface area contributed by atoms with Crippen LogP contribution < -0.4 is 0 Å². The number of rotatable bonds is 16. The fourth-order valence-electron chi connectivity index (χ4n) is 2.93. The average molecular weight is 365 g/mol. The summed E-state index contributed by atoms with van der Waals surface area (Å²) in [6.45, 7) is 4.14. The molecule has 0 bridgehead atoms. The van der Waals surface area contributed by atoms with Gasteiger partial charge in [0.05, 0.1) is 0 Å². The third-order valence-corrected chi connectivity index (χ3v) is 4.95. The van der Waals surface area contributed by atoms with Crippen LogP contribution in [0.25, 0.3) is 0 Å². The van der Waals surface area contributed by atoms with Gasteiger partial charge in [-0.05, 0) is 42.0 Å². The Hall–Kier alpha value is -0.0800. The molecule has 0 aromatic rings. The van der Waals surface area contributed by atoms with Crippen LogP contribution in [0.3, 0.4) is 0 Å². The predicted octanol–water partition coefficient (Wildman–Crippen LogP) is 6.86. The zero-order valence-electron chi connectivity index (χ0n) is 14.9. The number of hydrogen-bond acceptors (Lipinski definition) is 2. The highest BCUT2D eigenvalue weighted by atomic mass is 35.5. The van der Waals surface area contributed by atoms with Crippen molar-refractivity contribution in [3.8, 4) is 0 Å². The lowest BCUT2D eigenvalue weighted by atomic mass is 9.91. The molecule has 0 aromatic heterocycles. The van der Waals surface area contributed by atoms with E-state index < -0.39 is 0 Å². The maximum absolute atomic E-state index is 11.3. The summed E-state index contributed by atoms with van der Waals surface area (Å²) >= 11 is 10.9. The molecule has 2 nitrogen and oxygen atoms in total. The molecule has 0 aromatic carbocycles. The first kappa shape index (κ1) is 22.9. The maximum Gasteiger partial charge on any atom is 0.224 e. The van der Waals surface area contributed by atoms with Crippen LogP contribution in [0.1, 0.15) is 97.3 Å². The predicted molar refractivity (Wildman–Crippen MR) is 100 cm³/mol. The van der Waals surface area contributed by atoms with E-state index >= 15 is 0 Å². The van der Waals surface area contributed by atoms with E-state index in [1.54, 1.807) is 0 Å². The van der Waals surface area contributed by atoms with Crippen molar-refractivity contribution in [3.05, 3.63) is 0 Å². The first-order valence-electron chi connectivity index (χ1n) is 9.32. The molecular weight excluding hydrogens is 331 g/mol. The minimum absolute atomic E-state index is 0.0331. The lowest BCUT2D eigenvalue weighted by Crippen LogP contribution is -2.15. The number of carbonyl (C=O) groups is 2. The Balaban J connectivity index is 3.27. The minimum atomic E-state index is -0.208. The first-order chi connectivity index (χ1) is 10.9. The molecule has 0 heterocycles. The lowest BCUT2D eigenvalue weighted by molar-refractivity contribution is -0.116. The molecule has 1 atom stereocenters. The van der Waals surface area contributed by atoms with Crippen LogP contribution in [0, 0.1) is 11.8 Å². The van der Waals surface area contributed by atoms with Crippen molar-refractivity contribution in [2.75, 3.05) is 0 Å². The van der Waals surface area contributed by atoms with E-state index in [-0.39, 0.29) is 16.4 Å². The van der Waals surface area contributed by atoms with E-state index in [4.69, 9.17) is 23.2 Å². The quantitative estimate of drug-likeness (QED) is 0.221. The summed E-state index contributed by atoms with van der Waals surface area (Å²) in [5.41, 5.74) is 0. The summed E-state index contributed by atoms with van der Waals surface area (Å²) in [7, 11) is 0. The highest BCUT2D eigenvalue weighted by Gasteiger charge is 2.19. The van der Waals surface area contributed by atoms with Gasteiger partial charge in [-0.2, -0.15) is 0 Å². The van der Waals surface area contributed by atoms with E-state index in [0.717, 1.165) is 25.7 Å². The second kappa shape index (κ2) is 15.4. The van der Waals surface area contributed by atoms with Gasteiger partial charge in [0.15, 0.2) is 0 Å². The Kier molecular flexibility index (Phi) is 15.4. The van der Waals surface area contributed by atoms with Crippen molar-refractivity contribution in [3.63, 3.8) is 0 Å². The Morgan fingerprint density at radius 1 is 0.696 bits per heavy atom. The highest BCUT2D eigenvalue weighted by Crippen LogP contribution is 2.22. The summed E-state index contributed by atoms with van der Waals surface area (Å²) in [5, 5.41) is -0.379. The Morgan fingerprint density at radius 2 is 1.09 bits per heavy atom. The first-order valence-corrected chi connectivity index (χ1v) is 10.1. The van der Waals surface area contributed by atoms with Gasteiger partial charge in [0, 0.05) is 12.3 Å². The molecular formula is C19H34Cl2O2. The van der Waals surface area contributed by atoms with Gasteiger partial charge in [-0.15, -0.1) is 0 Å². The van der Waals surface area contributed by atoms with Gasteiger partial charge >= 0.3 is 0 Å². The molecule has 136 valence electrons. The van der Waals surface area contributed by atoms with Crippen molar-refractivity contribution in [1.82, 2.24) is 0 Å². The monoisotopic (exact) mass is 364 g/mol. The van der Waals surface area contributed by atoms with Crippen molar-refractivity contribution in [1.29, 1.82) is 0 Å². The van der Waals surface area contributed by atoms with Gasteiger partial charge in [0.2, 0.25) is 10.5 Å². The fraction of sp³-hybridized carbons (Fsp3) is 0.895. The van der Waals surface area contributed by atoms with Crippen LogP contribution >= 0.6 is 23.2 Å². The summed E-state index contributed by atoms with van der Waals surface area (Å²) in [6, 6.07) is 0. The van der Waals surface area contributed by atoms with Crippen LogP contribution in [0.4, 0.5) is 0 Å². The molecule has 0 aliphatic rings. The molecule has 0 fully saturated rings. The lowest BCUT2D eigenvalue weighted by Gasteiger charge is -2.15. The average Bonchev–Trinajstić information content (AvgIpc) is 2.46. The third-order valence-electron chi connectivity index (χ3n) is 4.48. The molecule has 23 heavy (non-hydrogen) atoms. The second-order valence-electron chi connectivity index (χ2n) is 6.94. The van der Waals surface area contributed by atoms with Gasteiger partial charge in [0.1, 0.15) is 0 Å². The van der Waals surface area contributed by atoms with Gasteiger partial charge < -0.3 is 0 Å². The SMILES string of the molecule is CC(C)C(CCCCCCCCCCCCCC(=O)Cl)C(=O)Cl. The van der Waals surface area contributed by atoms with Crippen molar-refractivity contribution in [2.24, 2.45) is 11.8 Å². The third kappa shape index (κ3) is 15.2. The molecule has 0 aliphatic carbocycles. The molecule has 0 saturated carbocycles. The van der Waals surface area contributed by atoms with Crippen LogP contribution in [-0.2, 0) is 9.59 Å². The molecule has 4 heteroatoms. The number of halogens is 2. The maximum atomic E-state index is 11.3. The highest BCUT2D eigenvalue weighted by molar-refractivity contribution is 6.64. The van der Waals surface area contributed by atoms with Crippen molar-refractivity contribution < 1.29 is 9.59 Å². The zero-order valence-corrected chi connectivity index (χ0v) is 16.4. The molecule has 1 unspecified atom stereocenters. The summed E-state index contributed by atoms with van der Waals surface area (Å²) in [4.78, 5) is 21.9. The van der Waals surface area contributed by atoms with Gasteiger partial charge in [0.25, 0.3) is 0 Å². The topological polar surface area (TPSA) is 34.1 Å². The zero-order chi connectivity index (χ0) is 17.5. The number of carbonyl (C=O) groups excluding carboxylic acids is 2. The van der Waals surface area contributed by atoms with E-state index in [9.17, 15) is 9.59 Å². The largest absolute Gasteiger partial charge is 0.281 e. The van der Waals surface area contributed by atoms with Gasteiger partial charge in [-0.25, -0.2) is 0 Å². The number of hydrogen-bond donors (Lipinski definition) is 0. The van der Waals surface area contributed by atoms with Crippen LogP contribution in [0.2, 0.25) is 0 Å². The Morgan fingerprint density at radius 3 is 1.43 bits per heavy atom. The molecule has 0 aliphatic heterocycles. The van der Waals surface area contributed by atoms with E-state index in [2.05, 4.69) is 13.8 Å². The fourth-order valence-corrected chi connectivity index (χ4v) is 3.42. The van der Waals surface area contributed by atoms with Crippen LogP contribution in [-0.4, -0.2) is 10.5 Å².